The molecule has 0 saturated carbocycles. The molecule has 0 radical (unpaired) electrons. The average molecular weight is 326 g/mol. The van der Waals surface area contributed by atoms with E-state index in [2.05, 4.69) is 0 Å². The minimum atomic E-state index is -0.612. The Morgan fingerprint density at radius 1 is 1.62 bits per heavy atom. The second-order valence-electron chi connectivity index (χ2n) is 4.39. The summed E-state index contributed by atoms with van der Waals surface area (Å²) in [5, 5.41) is 10.9. The fourth-order valence-electron chi connectivity index (χ4n) is 2.07. The predicted molar refractivity (Wildman–Crippen MR) is 85.0 cm³/mol. The number of nitrogens with zero attached hydrogens (tertiary/aromatic N) is 2. The van der Waals surface area contributed by atoms with Crippen LogP contribution in [-0.2, 0) is 9.53 Å². The fourth-order valence-corrected chi connectivity index (χ4v) is 3.39. The molecule has 0 saturated heterocycles. The van der Waals surface area contributed by atoms with Gasteiger partial charge in [0.25, 0.3) is 5.69 Å². The largest absolute Gasteiger partial charge is 0.464 e. The maximum Gasteiger partial charge on any atom is 0.328 e. The van der Waals surface area contributed by atoms with Crippen molar-refractivity contribution in [1.82, 2.24) is 0 Å². The van der Waals surface area contributed by atoms with E-state index in [0.29, 0.717) is 16.4 Å². The molecule has 1 aromatic rings. The van der Waals surface area contributed by atoms with Crippen LogP contribution in [0, 0.1) is 10.1 Å². The summed E-state index contributed by atoms with van der Waals surface area (Å²) >= 11 is 6.83. The Bertz CT molecular complexity index is 606. The zero-order valence-corrected chi connectivity index (χ0v) is 13.2. The second-order valence-corrected chi connectivity index (χ2v) is 5.88. The van der Waals surface area contributed by atoms with E-state index >= 15 is 0 Å². The number of thiocarbonyl (C=S) groups is 1. The number of benzene rings is 1. The number of nitro benzene ring substituents is 1. The lowest BCUT2D eigenvalue weighted by molar-refractivity contribution is -0.384. The molecule has 2 rings (SSSR count). The number of hydrogen-bond donors (Lipinski definition) is 0. The van der Waals surface area contributed by atoms with Gasteiger partial charge in [0.2, 0.25) is 0 Å². The van der Waals surface area contributed by atoms with E-state index in [1.807, 2.05) is 0 Å². The van der Waals surface area contributed by atoms with Crippen LogP contribution < -0.4 is 4.90 Å². The number of thioether (sulfide) groups is 1. The first kappa shape index (κ1) is 15.7. The molecule has 0 unspecified atom stereocenters. The summed E-state index contributed by atoms with van der Waals surface area (Å²) < 4.78 is 5.02. The molecule has 1 atom stereocenters. The Hall–Kier alpha value is -1.67. The SMILES string of the molecule is CCOC(=O)[C@@H](C)N1C(=S)CSc2ccc([N+](=O)[O-])cc21. The molecule has 8 heteroatoms. The van der Waals surface area contributed by atoms with E-state index in [0.717, 1.165) is 4.90 Å². The molecule has 1 aliphatic heterocycles. The molecule has 0 amide bonds. The molecular formula is C13H14N2O4S2. The van der Waals surface area contributed by atoms with E-state index in [1.165, 1.54) is 23.9 Å². The summed E-state index contributed by atoms with van der Waals surface area (Å²) in [6, 6.07) is 3.97. The van der Waals surface area contributed by atoms with Crippen molar-refractivity contribution in [2.45, 2.75) is 24.8 Å². The highest BCUT2D eigenvalue weighted by Crippen LogP contribution is 2.39. The number of hydrogen-bond acceptors (Lipinski definition) is 6. The van der Waals surface area contributed by atoms with E-state index in [1.54, 1.807) is 24.8 Å². The van der Waals surface area contributed by atoms with Gasteiger partial charge in [0, 0.05) is 22.8 Å². The molecule has 0 aliphatic carbocycles. The van der Waals surface area contributed by atoms with Gasteiger partial charge in [-0.1, -0.05) is 12.2 Å². The quantitative estimate of drug-likeness (QED) is 0.364. The van der Waals surface area contributed by atoms with Gasteiger partial charge in [0.15, 0.2) is 0 Å². The van der Waals surface area contributed by atoms with Crippen molar-refractivity contribution in [3.63, 3.8) is 0 Å². The third-order valence-electron chi connectivity index (χ3n) is 3.05. The summed E-state index contributed by atoms with van der Waals surface area (Å²) in [7, 11) is 0. The Morgan fingerprint density at radius 2 is 2.33 bits per heavy atom. The first-order valence-electron chi connectivity index (χ1n) is 6.35. The number of non-ortho nitro benzene ring substituents is 1. The molecule has 1 heterocycles. The highest BCUT2D eigenvalue weighted by molar-refractivity contribution is 8.01. The van der Waals surface area contributed by atoms with Crippen molar-refractivity contribution < 1.29 is 14.5 Å². The molecule has 21 heavy (non-hydrogen) atoms. The predicted octanol–water partition coefficient (Wildman–Crippen LogP) is 2.79. The number of esters is 1. The lowest BCUT2D eigenvalue weighted by atomic mass is 10.2. The van der Waals surface area contributed by atoms with E-state index in [4.69, 9.17) is 17.0 Å². The zero-order valence-electron chi connectivity index (χ0n) is 11.6. The number of carbonyl (C=O) groups is 1. The van der Waals surface area contributed by atoms with Gasteiger partial charge in [-0.3, -0.25) is 10.1 Å². The first-order chi connectivity index (χ1) is 9.95. The van der Waals surface area contributed by atoms with Gasteiger partial charge < -0.3 is 9.64 Å². The molecule has 6 nitrogen and oxygen atoms in total. The molecule has 112 valence electrons. The Labute approximate surface area is 131 Å². The summed E-state index contributed by atoms with van der Waals surface area (Å²) in [5.74, 6) is 0.161. The maximum atomic E-state index is 12.0. The van der Waals surface area contributed by atoms with Gasteiger partial charge in [0.1, 0.15) is 6.04 Å². The van der Waals surface area contributed by atoms with E-state index in [9.17, 15) is 14.9 Å². The molecule has 0 fully saturated rings. The molecular weight excluding hydrogens is 312 g/mol. The molecule has 0 spiro atoms. The number of carbonyl (C=O) groups excluding carboxylic acids is 1. The number of nitro groups is 1. The van der Waals surface area contributed by atoms with Crippen molar-refractivity contribution in [1.29, 1.82) is 0 Å². The fraction of sp³-hybridized carbons (Fsp3) is 0.385. The normalized spacial score (nSPS) is 15.3. The standard InChI is InChI=1S/C13H14N2O4S2/c1-3-19-13(16)8(2)14-10-6-9(15(17)18)4-5-11(10)21-7-12(14)20/h4-6,8H,3,7H2,1-2H3/t8-/m1/s1. The van der Waals surface area contributed by atoms with Crippen molar-refractivity contribution >= 4 is 46.3 Å². The molecule has 0 bridgehead atoms. The van der Waals surface area contributed by atoms with Gasteiger partial charge in [-0.2, -0.15) is 0 Å². The van der Waals surface area contributed by atoms with Crippen LogP contribution in [0.5, 0.6) is 0 Å². The van der Waals surface area contributed by atoms with Crippen LogP contribution >= 0.6 is 24.0 Å². The van der Waals surface area contributed by atoms with Crippen LogP contribution in [0.4, 0.5) is 11.4 Å². The van der Waals surface area contributed by atoms with Crippen molar-refractivity contribution in [2.75, 3.05) is 17.3 Å². The van der Waals surface area contributed by atoms with E-state index in [-0.39, 0.29) is 12.3 Å². The average Bonchev–Trinajstić information content (AvgIpc) is 2.46. The van der Waals surface area contributed by atoms with Gasteiger partial charge in [-0.05, 0) is 19.9 Å². The lowest BCUT2D eigenvalue weighted by Gasteiger charge is -2.34. The molecule has 1 aromatic carbocycles. The smallest absolute Gasteiger partial charge is 0.328 e. The summed E-state index contributed by atoms with van der Waals surface area (Å²) in [4.78, 5) is 25.5. The van der Waals surface area contributed by atoms with Gasteiger partial charge in [-0.15, -0.1) is 11.8 Å². The number of anilines is 1. The van der Waals surface area contributed by atoms with Crippen LogP contribution in [-0.4, -0.2) is 34.3 Å². The van der Waals surface area contributed by atoms with Crippen molar-refractivity contribution in [3.8, 4) is 0 Å². The third-order valence-corrected chi connectivity index (χ3v) is 4.65. The van der Waals surface area contributed by atoms with Gasteiger partial charge in [-0.25, -0.2) is 4.79 Å². The minimum absolute atomic E-state index is 0.0277. The Morgan fingerprint density at radius 3 is 2.95 bits per heavy atom. The monoisotopic (exact) mass is 326 g/mol. The van der Waals surface area contributed by atoms with Crippen molar-refractivity contribution in [2.24, 2.45) is 0 Å². The van der Waals surface area contributed by atoms with E-state index < -0.39 is 16.9 Å². The van der Waals surface area contributed by atoms with Crippen LogP contribution in [0.2, 0.25) is 0 Å². The Balaban J connectivity index is 2.43. The van der Waals surface area contributed by atoms with Crippen LogP contribution in [0.25, 0.3) is 0 Å². The maximum absolute atomic E-state index is 12.0. The minimum Gasteiger partial charge on any atom is -0.464 e. The Kier molecular flexibility index (Phi) is 4.79. The summed E-state index contributed by atoms with van der Waals surface area (Å²) in [6.07, 6.45) is 0. The molecule has 1 aliphatic rings. The molecule has 0 aromatic heterocycles. The number of rotatable bonds is 4. The van der Waals surface area contributed by atoms with Gasteiger partial charge >= 0.3 is 5.97 Å². The van der Waals surface area contributed by atoms with Gasteiger partial charge in [0.05, 0.1) is 22.2 Å². The highest BCUT2D eigenvalue weighted by Gasteiger charge is 2.32. The third kappa shape index (κ3) is 3.16. The first-order valence-corrected chi connectivity index (χ1v) is 7.75. The highest BCUT2D eigenvalue weighted by atomic mass is 32.2. The van der Waals surface area contributed by atoms with Crippen LogP contribution in [0.1, 0.15) is 13.8 Å². The summed E-state index contributed by atoms with van der Waals surface area (Å²) in [5.41, 5.74) is 0.561. The number of fused-ring (bicyclic) bond motifs is 1. The summed E-state index contributed by atoms with van der Waals surface area (Å²) in [6.45, 7) is 3.69. The topological polar surface area (TPSA) is 72.7 Å². The number of ether oxygens (including phenoxy) is 1. The van der Waals surface area contributed by atoms with Crippen LogP contribution in [0.15, 0.2) is 23.1 Å². The zero-order chi connectivity index (χ0) is 15.6. The second kappa shape index (κ2) is 6.40. The lowest BCUT2D eigenvalue weighted by Crippen LogP contribution is -2.46. The molecule has 0 N–H and O–H groups in total. The van der Waals surface area contributed by atoms with Crippen LogP contribution in [0.3, 0.4) is 0 Å². The van der Waals surface area contributed by atoms with Crippen molar-refractivity contribution in [3.05, 3.63) is 28.3 Å².